The number of unbranched alkanes of at least 4 members (excludes halogenated alkanes) is 1. The van der Waals surface area contributed by atoms with Gasteiger partial charge in [0.1, 0.15) is 0 Å². The number of hydrogen-bond donors (Lipinski definition) is 0. The van der Waals surface area contributed by atoms with E-state index in [1.54, 1.807) is 0 Å². The minimum absolute atomic E-state index is 0.00300. The molecule has 2 rings (SSSR count). The molecule has 0 fully saturated rings. The van der Waals surface area contributed by atoms with Gasteiger partial charge in [-0.1, -0.05) is 74.0 Å². The number of hydrogen-bond acceptors (Lipinski definition) is 1. The molecule has 0 saturated heterocycles. The van der Waals surface area contributed by atoms with E-state index in [2.05, 4.69) is 38.1 Å². The molecule has 0 saturated carbocycles. The van der Waals surface area contributed by atoms with Gasteiger partial charge in [-0.15, -0.1) is 0 Å². The molecule has 0 radical (unpaired) electrons. The zero-order valence-corrected chi connectivity index (χ0v) is 13.5. The normalized spacial score (nSPS) is 10.7. The molecule has 0 aliphatic rings. The minimum atomic E-state index is -0.00300. The maximum atomic E-state index is 12.6. The highest BCUT2D eigenvalue weighted by Gasteiger charge is 2.24. The quantitative estimate of drug-likeness (QED) is 0.717. The summed E-state index contributed by atoms with van der Waals surface area (Å²) < 4.78 is 0. The topological polar surface area (TPSA) is 20.3 Å². The molecule has 0 atom stereocenters. The fourth-order valence-corrected chi connectivity index (χ4v) is 2.80. The summed E-state index contributed by atoms with van der Waals surface area (Å²) >= 11 is 0. The Morgan fingerprint density at radius 1 is 0.909 bits per heavy atom. The van der Waals surface area contributed by atoms with Crippen molar-refractivity contribution in [1.82, 2.24) is 4.90 Å². The third-order valence-electron chi connectivity index (χ3n) is 3.95. The number of carbonyl (C=O) groups is 1. The Bertz CT molecular complexity index is 525. The Hall–Kier alpha value is -2.09. The van der Waals surface area contributed by atoms with Crippen LogP contribution in [0.1, 0.15) is 50.3 Å². The van der Waals surface area contributed by atoms with Gasteiger partial charge < -0.3 is 4.90 Å². The Kier molecular flexibility index (Phi) is 6.20. The molecule has 0 heterocycles. The van der Waals surface area contributed by atoms with Gasteiger partial charge in [0, 0.05) is 13.0 Å². The van der Waals surface area contributed by atoms with E-state index in [1.807, 2.05) is 41.3 Å². The van der Waals surface area contributed by atoms with Gasteiger partial charge in [0.05, 0.1) is 6.04 Å². The van der Waals surface area contributed by atoms with E-state index in [4.69, 9.17) is 0 Å². The van der Waals surface area contributed by atoms with Crippen molar-refractivity contribution in [3.05, 3.63) is 71.8 Å². The molecule has 0 bridgehead atoms. The molecule has 2 heteroatoms. The molecule has 0 aliphatic carbocycles. The van der Waals surface area contributed by atoms with E-state index in [-0.39, 0.29) is 11.9 Å². The van der Waals surface area contributed by atoms with E-state index in [1.165, 1.54) is 11.1 Å². The number of nitrogens with zero attached hydrogens (tertiary/aromatic N) is 1. The minimum Gasteiger partial charge on any atom is -0.332 e. The lowest BCUT2D eigenvalue weighted by molar-refractivity contribution is -0.132. The van der Waals surface area contributed by atoms with E-state index >= 15 is 0 Å². The van der Waals surface area contributed by atoms with Gasteiger partial charge in [-0.05, 0) is 24.5 Å². The monoisotopic (exact) mass is 295 g/mol. The average molecular weight is 295 g/mol. The molecule has 0 aliphatic heterocycles. The van der Waals surface area contributed by atoms with Gasteiger partial charge in [0.25, 0.3) is 0 Å². The Morgan fingerprint density at radius 2 is 1.41 bits per heavy atom. The van der Waals surface area contributed by atoms with Gasteiger partial charge in [-0.3, -0.25) is 4.79 Å². The van der Waals surface area contributed by atoms with Crippen molar-refractivity contribution in [1.29, 1.82) is 0 Å². The van der Waals surface area contributed by atoms with Gasteiger partial charge >= 0.3 is 0 Å². The molecule has 0 aromatic heterocycles. The number of amides is 1. The molecule has 0 N–H and O–H groups in total. The number of rotatable bonds is 7. The Balaban J connectivity index is 2.37. The summed E-state index contributed by atoms with van der Waals surface area (Å²) in [5.74, 6) is 0.238. The van der Waals surface area contributed by atoms with Crippen LogP contribution in [0.2, 0.25) is 0 Å². The van der Waals surface area contributed by atoms with Gasteiger partial charge in [0.2, 0.25) is 5.91 Å². The van der Waals surface area contributed by atoms with Crippen molar-refractivity contribution in [3.8, 4) is 0 Å². The highest BCUT2D eigenvalue weighted by molar-refractivity contribution is 5.77. The average Bonchev–Trinajstić information content (AvgIpc) is 2.59. The lowest BCUT2D eigenvalue weighted by Crippen LogP contribution is -2.35. The van der Waals surface area contributed by atoms with Crippen LogP contribution in [0.3, 0.4) is 0 Å². The molecule has 2 aromatic carbocycles. The summed E-state index contributed by atoms with van der Waals surface area (Å²) in [6.45, 7) is 4.90. The first-order valence-electron chi connectivity index (χ1n) is 8.17. The summed E-state index contributed by atoms with van der Waals surface area (Å²) in [4.78, 5) is 14.6. The van der Waals surface area contributed by atoms with Crippen LogP contribution in [0, 0.1) is 0 Å². The summed E-state index contributed by atoms with van der Waals surface area (Å²) in [6.07, 6.45) is 2.62. The summed E-state index contributed by atoms with van der Waals surface area (Å²) in [6, 6.07) is 20.6. The van der Waals surface area contributed by atoms with Crippen LogP contribution in [0.15, 0.2) is 60.7 Å². The van der Waals surface area contributed by atoms with Crippen molar-refractivity contribution in [2.24, 2.45) is 0 Å². The summed E-state index contributed by atoms with van der Waals surface area (Å²) in [7, 11) is 0. The first-order valence-corrected chi connectivity index (χ1v) is 8.17. The fraction of sp³-hybridized carbons (Fsp3) is 0.350. The van der Waals surface area contributed by atoms with Crippen LogP contribution in [-0.4, -0.2) is 17.4 Å². The SMILES string of the molecule is CCCCC(=O)N(CC)C(c1ccccc1)c1ccccc1. The van der Waals surface area contributed by atoms with Crippen molar-refractivity contribution in [2.75, 3.05) is 6.54 Å². The number of benzene rings is 2. The lowest BCUT2D eigenvalue weighted by Gasteiger charge is -2.32. The van der Waals surface area contributed by atoms with Crippen molar-refractivity contribution >= 4 is 5.91 Å². The van der Waals surface area contributed by atoms with Crippen LogP contribution in [-0.2, 0) is 4.79 Å². The third-order valence-corrected chi connectivity index (χ3v) is 3.95. The maximum absolute atomic E-state index is 12.6. The van der Waals surface area contributed by atoms with Crippen LogP contribution in [0.4, 0.5) is 0 Å². The Morgan fingerprint density at radius 3 is 1.82 bits per heavy atom. The lowest BCUT2D eigenvalue weighted by atomic mass is 9.96. The van der Waals surface area contributed by atoms with E-state index in [0.29, 0.717) is 6.42 Å². The van der Waals surface area contributed by atoms with Gasteiger partial charge in [-0.2, -0.15) is 0 Å². The zero-order valence-electron chi connectivity index (χ0n) is 13.5. The molecule has 1 amide bonds. The molecule has 22 heavy (non-hydrogen) atoms. The van der Waals surface area contributed by atoms with Crippen molar-refractivity contribution in [2.45, 2.75) is 39.2 Å². The molecule has 2 nitrogen and oxygen atoms in total. The maximum Gasteiger partial charge on any atom is 0.223 e. The van der Waals surface area contributed by atoms with E-state index in [0.717, 1.165) is 19.4 Å². The molecule has 0 unspecified atom stereocenters. The summed E-state index contributed by atoms with van der Waals surface area (Å²) in [5, 5.41) is 0. The van der Waals surface area contributed by atoms with E-state index in [9.17, 15) is 4.79 Å². The standard InChI is InChI=1S/C20H25NO/c1-3-5-16-19(22)21(4-2)20(17-12-8-6-9-13-17)18-14-10-7-11-15-18/h6-15,20H,3-5,16H2,1-2H3. The first kappa shape index (κ1) is 16.3. The van der Waals surface area contributed by atoms with Crippen LogP contribution < -0.4 is 0 Å². The zero-order chi connectivity index (χ0) is 15.8. The van der Waals surface area contributed by atoms with Gasteiger partial charge in [-0.25, -0.2) is 0 Å². The Labute approximate surface area is 133 Å². The van der Waals surface area contributed by atoms with Crippen molar-refractivity contribution < 1.29 is 4.79 Å². The van der Waals surface area contributed by atoms with Gasteiger partial charge in [0.15, 0.2) is 0 Å². The second kappa shape index (κ2) is 8.38. The predicted molar refractivity (Wildman–Crippen MR) is 91.6 cm³/mol. The van der Waals surface area contributed by atoms with E-state index < -0.39 is 0 Å². The first-order chi connectivity index (χ1) is 10.8. The molecular formula is C20H25NO. The second-order valence-corrected chi connectivity index (χ2v) is 5.51. The van der Waals surface area contributed by atoms with Crippen LogP contribution in [0.5, 0.6) is 0 Å². The fourth-order valence-electron chi connectivity index (χ4n) is 2.80. The molecule has 2 aromatic rings. The summed E-state index contributed by atoms with van der Waals surface area (Å²) in [5.41, 5.74) is 2.33. The number of carbonyl (C=O) groups excluding carboxylic acids is 1. The molecule has 116 valence electrons. The molecular weight excluding hydrogens is 270 g/mol. The third kappa shape index (κ3) is 3.97. The second-order valence-electron chi connectivity index (χ2n) is 5.51. The predicted octanol–water partition coefficient (Wildman–Crippen LogP) is 4.81. The van der Waals surface area contributed by atoms with Crippen molar-refractivity contribution in [3.63, 3.8) is 0 Å². The largest absolute Gasteiger partial charge is 0.332 e. The highest BCUT2D eigenvalue weighted by atomic mass is 16.2. The highest BCUT2D eigenvalue weighted by Crippen LogP contribution is 2.29. The molecule has 0 spiro atoms. The van der Waals surface area contributed by atoms with Crippen LogP contribution in [0.25, 0.3) is 0 Å². The van der Waals surface area contributed by atoms with Crippen LogP contribution >= 0.6 is 0 Å². The smallest absolute Gasteiger partial charge is 0.223 e.